The zero-order chi connectivity index (χ0) is 14.6. The van der Waals surface area contributed by atoms with E-state index in [1.807, 2.05) is 20.8 Å². The van der Waals surface area contributed by atoms with Crippen molar-refractivity contribution >= 4 is 0 Å². The Labute approximate surface area is 114 Å². The highest BCUT2D eigenvalue weighted by Crippen LogP contribution is 2.20. The van der Waals surface area contributed by atoms with Crippen molar-refractivity contribution in [3.05, 3.63) is 35.4 Å². The van der Waals surface area contributed by atoms with Gasteiger partial charge in [0, 0.05) is 19.2 Å². The monoisotopic (exact) mass is 271 g/mol. The van der Waals surface area contributed by atoms with Gasteiger partial charge >= 0.3 is 0 Å². The van der Waals surface area contributed by atoms with E-state index in [2.05, 4.69) is 12.2 Å². The molecule has 0 aromatic heterocycles. The van der Waals surface area contributed by atoms with E-state index in [9.17, 15) is 8.78 Å². The van der Waals surface area contributed by atoms with E-state index in [-0.39, 0.29) is 17.7 Å². The fraction of sp³-hybridized carbons (Fsp3) is 0.600. The molecule has 4 heteroatoms. The molecule has 1 aromatic carbocycles. The van der Waals surface area contributed by atoms with Crippen LogP contribution in [0.5, 0.6) is 0 Å². The lowest BCUT2D eigenvalue weighted by Crippen LogP contribution is -2.36. The van der Waals surface area contributed by atoms with Gasteiger partial charge in [-0.3, -0.25) is 0 Å². The quantitative estimate of drug-likeness (QED) is 0.849. The van der Waals surface area contributed by atoms with Crippen molar-refractivity contribution in [3.63, 3.8) is 0 Å². The van der Waals surface area contributed by atoms with Crippen LogP contribution < -0.4 is 5.32 Å². The Morgan fingerprint density at radius 2 is 1.84 bits per heavy atom. The van der Waals surface area contributed by atoms with Crippen LogP contribution in [0.4, 0.5) is 8.78 Å². The molecule has 0 bridgehead atoms. The SMILES string of the molecule is COC(C)(C)CC(C)NC(C)c1ccc(F)c(F)c1. The van der Waals surface area contributed by atoms with E-state index >= 15 is 0 Å². The van der Waals surface area contributed by atoms with Crippen molar-refractivity contribution in [2.75, 3.05) is 7.11 Å². The second-order valence-electron chi connectivity index (χ2n) is 5.63. The topological polar surface area (TPSA) is 21.3 Å². The molecule has 1 aromatic rings. The summed E-state index contributed by atoms with van der Waals surface area (Å²) in [5.74, 6) is -1.62. The molecule has 0 saturated heterocycles. The van der Waals surface area contributed by atoms with Gasteiger partial charge in [0.1, 0.15) is 0 Å². The molecule has 1 N–H and O–H groups in total. The van der Waals surface area contributed by atoms with Crippen molar-refractivity contribution in [2.45, 2.75) is 51.8 Å². The first kappa shape index (κ1) is 16.1. The largest absolute Gasteiger partial charge is 0.379 e. The summed E-state index contributed by atoms with van der Waals surface area (Å²) in [6, 6.07) is 4.16. The smallest absolute Gasteiger partial charge is 0.159 e. The van der Waals surface area contributed by atoms with Crippen molar-refractivity contribution in [1.29, 1.82) is 0 Å². The molecule has 2 unspecified atom stereocenters. The molecule has 0 aliphatic carbocycles. The number of nitrogens with one attached hydrogen (secondary N) is 1. The highest BCUT2D eigenvalue weighted by molar-refractivity contribution is 5.20. The highest BCUT2D eigenvalue weighted by Gasteiger charge is 2.21. The third-order valence-corrected chi connectivity index (χ3v) is 3.33. The number of rotatable bonds is 6. The second-order valence-corrected chi connectivity index (χ2v) is 5.63. The Bertz CT molecular complexity index is 421. The molecule has 19 heavy (non-hydrogen) atoms. The minimum atomic E-state index is -0.815. The summed E-state index contributed by atoms with van der Waals surface area (Å²) in [5.41, 5.74) is 0.529. The molecule has 0 fully saturated rings. The fourth-order valence-electron chi connectivity index (χ4n) is 2.18. The minimum Gasteiger partial charge on any atom is -0.379 e. The molecule has 0 heterocycles. The Balaban J connectivity index is 2.63. The third-order valence-electron chi connectivity index (χ3n) is 3.33. The Kier molecular flexibility index (Phi) is 5.44. The summed E-state index contributed by atoms with van der Waals surface area (Å²) in [6.45, 7) is 8.03. The van der Waals surface area contributed by atoms with Crippen LogP contribution in [0.25, 0.3) is 0 Å². The van der Waals surface area contributed by atoms with Gasteiger partial charge in [0.2, 0.25) is 0 Å². The van der Waals surface area contributed by atoms with Gasteiger partial charge in [-0.1, -0.05) is 6.07 Å². The van der Waals surface area contributed by atoms with Crippen molar-refractivity contribution in [1.82, 2.24) is 5.32 Å². The highest BCUT2D eigenvalue weighted by atomic mass is 19.2. The first-order valence-electron chi connectivity index (χ1n) is 6.51. The van der Waals surface area contributed by atoms with E-state index in [1.54, 1.807) is 13.2 Å². The Hall–Kier alpha value is -1.00. The van der Waals surface area contributed by atoms with E-state index in [1.165, 1.54) is 6.07 Å². The zero-order valence-electron chi connectivity index (χ0n) is 12.3. The van der Waals surface area contributed by atoms with Crippen LogP contribution in [-0.4, -0.2) is 18.8 Å². The van der Waals surface area contributed by atoms with Gasteiger partial charge in [-0.2, -0.15) is 0 Å². The summed E-state index contributed by atoms with van der Waals surface area (Å²) < 4.78 is 31.4. The summed E-state index contributed by atoms with van der Waals surface area (Å²) in [5, 5.41) is 3.36. The minimum absolute atomic E-state index is 0.0437. The molecular weight excluding hydrogens is 248 g/mol. The van der Waals surface area contributed by atoms with Crippen LogP contribution in [0.15, 0.2) is 18.2 Å². The average Bonchev–Trinajstić information content (AvgIpc) is 2.31. The standard InChI is InChI=1S/C15H23F2NO/c1-10(9-15(3,4)19-5)18-11(2)12-6-7-13(16)14(17)8-12/h6-8,10-11,18H,9H2,1-5H3. The lowest BCUT2D eigenvalue weighted by atomic mass is 9.98. The first-order valence-corrected chi connectivity index (χ1v) is 6.51. The van der Waals surface area contributed by atoms with Gasteiger partial charge in [-0.15, -0.1) is 0 Å². The number of halogens is 2. The molecule has 0 radical (unpaired) electrons. The second kappa shape index (κ2) is 6.44. The van der Waals surface area contributed by atoms with Crippen LogP contribution in [-0.2, 0) is 4.74 Å². The summed E-state index contributed by atoms with van der Waals surface area (Å²) in [4.78, 5) is 0. The maximum Gasteiger partial charge on any atom is 0.159 e. The van der Waals surface area contributed by atoms with Crippen LogP contribution >= 0.6 is 0 Å². The molecule has 1 rings (SSSR count). The van der Waals surface area contributed by atoms with E-state index in [0.717, 1.165) is 18.1 Å². The van der Waals surface area contributed by atoms with Crippen molar-refractivity contribution < 1.29 is 13.5 Å². The predicted molar refractivity (Wildman–Crippen MR) is 73.1 cm³/mol. The fourth-order valence-corrected chi connectivity index (χ4v) is 2.18. The molecule has 2 nitrogen and oxygen atoms in total. The maximum absolute atomic E-state index is 13.2. The van der Waals surface area contributed by atoms with Crippen molar-refractivity contribution in [3.8, 4) is 0 Å². The molecule has 0 amide bonds. The predicted octanol–water partition coefficient (Wildman–Crippen LogP) is 3.82. The van der Waals surface area contributed by atoms with Gasteiger partial charge in [-0.25, -0.2) is 8.78 Å². The van der Waals surface area contributed by atoms with Crippen molar-refractivity contribution in [2.24, 2.45) is 0 Å². The van der Waals surface area contributed by atoms with Gasteiger partial charge in [-0.05, 0) is 51.8 Å². The molecule has 0 aliphatic heterocycles. The van der Waals surface area contributed by atoms with E-state index < -0.39 is 11.6 Å². The molecule has 108 valence electrons. The van der Waals surface area contributed by atoms with Gasteiger partial charge in [0.15, 0.2) is 11.6 Å². The molecule has 0 spiro atoms. The van der Waals surface area contributed by atoms with Gasteiger partial charge < -0.3 is 10.1 Å². The maximum atomic E-state index is 13.2. The average molecular weight is 271 g/mol. The van der Waals surface area contributed by atoms with Crippen LogP contribution in [0.2, 0.25) is 0 Å². The van der Waals surface area contributed by atoms with Crippen LogP contribution in [0.3, 0.4) is 0 Å². The first-order chi connectivity index (χ1) is 8.75. The Morgan fingerprint density at radius 1 is 1.21 bits per heavy atom. The molecule has 2 atom stereocenters. The lowest BCUT2D eigenvalue weighted by Gasteiger charge is -2.29. The third kappa shape index (κ3) is 4.88. The molecule has 0 aliphatic rings. The normalized spacial score (nSPS) is 15.3. The number of ether oxygens (including phenoxy) is 1. The summed E-state index contributed by atoms with van der Waals surface area (Å²) in [6.07, 6.45) is 0.831. The van der Waals surface area contributed by atoms with Crippen LogP contribution in [0, 0.1) is 11.6 Å². The summed E-state index contributed by atoms with van der Waals surface area (Å²) >= 11 is 0. The summed E-state index contributed by atoms with van der Waals surface area (Å²) in [7, 11) is 1.69. The Morgan fingerprint density at radius 3 is 2.37 bits per heavy atom. The zero-order valence-corrected chi connectivity index (χ0v) is 12.3. The van der Waals surface area contributed by atoms with E-state index in [4.69, 9.17) is 4.74 Å². The van der Waals surface area contributed by atoms with E-state index in [0.29, 0.717) is 0 Å². The van der Waals surface area contributed by atoms with Gasteiger partial charge in [0.25, 0.3) is 0 Å². The van der Waals surface area contributed by atoms with Gasteiger partial charge in [0.05, 0.1) is 5.60 Å². The number of benzene rings is 1. The van der Waals surface area contributed by atoms with Crippen LogP contribution in [0.1, 0.15) is 45.7 Å². The molecule has 0 saturated carbocycles. The lowest BCUT2D eigenvalue weighted by molar-refractivity contribution is 0.00782. The number of methoxy groups -OCH3 is 1. The number of hydrogen-bond acceptors (Lipinski definition) is 2. The molecular formula is C15H23F2NO. The number of hydrogen-bond donors (Lipinski definition) is 1.